The maximum atomic E-state index is 12.9. The van der Waals surface area contributed by atoms with Gasteiger partial charge in [-0.1, -0.05) is 5.16 Å². The number of hydrogen-bond donors (Lipinski definition) is 2. The molecule has 0 bridgehead atoms. The molecule has 0 unspecified atom stereocenters. The lowest BCUT2D eigenvalue weighted by Crippen LogP contribution is -2.37. The molecule has 0 saturated carbocycles. The fraction of sp³-hybridized carbons (Fsp3) is 0.100. The second-order valence-electron chi connectivity index (χ2n) is 4.00. The first-order chi connectivity index (χ1) is 10.1. The maximum Gasteiger partial charge on any atom is 0.417 e. The molecule has 0 aliphatic carbocycles. The normalized spacial score (nSPS) is 16.5. The van der Waals surface area contributed by atoms with Crippen LogP contribution in [0.2, 0.25) is 0 Å². The smallest absolute Gasteiger partial charge is 0.410 e. The van der Waals surface area contributed by atoms with Crippen molar-refractivity contribution in [3.05, 3.63) is 31.8 Å². The molecule has 0 saturated heterocycles. The number of nitrogens with one attached hydrogen (secondary N) is 1. The first-order valence-electron chi connectivity index (χ1n) is 5.25. The van der Waals surface area contributed by atoms with Crippen LogP contribution in [0.4, 0.5) is 24.5 Å². The molecule has 8 nitrogen and oxygen atoms in total. The van der Waals surface area contributed by atoms with Crippen LogP contribution in [0.5, 0.6) is 0 Å². The van der Waals surface area contributed by atoms with Crippen LogP contribution in [-0.4, -0.2) is 27.5 Å². The number of nitro benzene ring substituents is 1. The average molecular weight is 382 g/mol. The van der Waals surface area contributed by atoms with E-state index in [-0.39, 0.29) is 0 Å². The number of nitrogens with zero attached hydrogens (tertiary/aromatic N) is 2. The molecule has 0 radical (unpaired) electrons. The van der Waals surface area contributed by atoms with E-state index in [4.69, 9.17) is 5.21 Å². The van der Waals surface area contributed by atoms with Gasteiger partial charge in [0.05, 0.1) is 16.2 Å². The van der Waals surface area contributed by atoms with Crippen molar-refractivity contribution in [2.75, 3.05) is 5.32 Å². The van der Waals surface area contributed by atoms with Crippen LogP contribution in [0, 0.1) is 10.1 Å². The Hall–Kier alpha value is -2.50. The van der Waals surface area contributed by atoms with Crippen molar-refractivity contribution in [3.63, 3.8) is 0 Å². The highest BCUT2D eigenvalue weighted by Crippen LogP contribution is 2.45. The van der Waals surface area contributed by atoms with Gasteiger partial charge in [0, 0.05) is 0 Å². The van der Waals surface area contributed by atoms with Crippen LogP contribution in [0.15, 0.2) is 15.7 Å². The van der Waals surface area contributed by atoms with E-state index >= 15 is 0 Å². The van der Waals surface area contributed by atoms with Gasteiger partial charge in [0.2, 0.25) is 0 Å². The molecule has 1 heterocycles. The highest BCUT2D eigenvalue weighted by atomic mass is 79.9. The molecule has 116 valence electrons. The molecule has 1 amide bonds. The Balaban J connectivity index is 2.94. The van der Waals surface area contributed by atoms with Crippen molar-refractivity contribution in [2.45, 2.75) is 6.18 Å². The van der Waals surface area contributed by atoms with Gasteiger partial charge >= 0.3 is 6.18 Å². The summed E-state index contributed by atoms with van der Waals surface area (Å²) >= 11 is 2.47. The number of anilines is 1. The molecular weight excluding hydrogens is 379 g/mol. The number of nitro groups is 1. The number of hydrogen-bond acceptors (Lipinski definition) is 6. The van der Waals surface area contributed by atoms with Crippen molar-refractivity contribution < 1.29 is 32.9 Å². The van der Waals surface area contributed by atoms with E-state index < -0.39 is 55.5 Å². The first kappa shape index (κ1) is 15.9. The van der Waals surface area contributed by atoms with Gasteiger partial charge in [0.15, 0.2) is 5.71 Å². The number of Topliss-reactive ketones (excluding diaryl/α,β-unsaturated/α-hetero) is 1. The van der Waals surface area contributed by atoms with E-state index in [9.17, 15) is 32.9 Å². The Kier molecular flexibility index (Phi) is 3.64. The SMILES string of the molecule is O=C1Nc2cc(C(F)(F)F)c(Br)c([N+](=O)[O-])c2C(=NO)C1=O. The lowest BCUT2D eigenvalue weighted by atomic mass is 9.95. The molecule has 1 aromatic rings. The van der Waals surface area contributed by atoms with E-state index in [1.165, 1.54) is 0 Å². The summed E-state index contributed by atoms with van der Waals surface area (Å²) in [5.74, 6) is -2.78. The fourth-order valence-corrected chi connectivity index (χ4v) is 2.54. The van der Waals surface area contributed by atoms with Gasteiger partial charge in [-0.2, -0.15) is 13.2 Å². The van der Waals surface area contributed by atoms with E-state index in [0.717, 1.165) is 0 Å². The number of carbonyl (C=O) groups is 2. The minimum atomic E-state index is -4.96. The Morgan fingerprint density at radius 2 is 1.95 bits per heavy atom. The fourth-order valence-electron chi connectivity index (χ4n) is 1.86. The number of alkyl halides is 3. The maximum absolute atomic E-state index is 12.9. The Morgan fingerprint density at radius 1 is 1.36 bits per heavy atom. The largest absolute Gasteiger partial charge is 0.417 e. The monoisotopic (exact) mass is 381 g/mol. The molecule has 12 heteroatoms. The molecule has 2 rings (SSSR count). The van der Waals surface area contributed by atoms with Crippen LogP contribution >= 0.6 is 15.9 Å². The summed E-state index contributed by atoms with van der Waals surface area (Å²) in [6, 6.07) is 0.405. The molecule has 2 N–H and O–H groups in total. The molecule has 0 aromatic heterocycles. The van der Waals surface area contributed by atoms with Gasteiger partial charge in [-0.3, -0.25) is 19.7 Å². The second kappa shape index (κ2) is 5.05. The molecule has 0 atom stereocenters. The number of carbonyl (C=O) groups excluding carboxylic acids is 2. The molecule has 0 spiro atoms. The Morgan fingerprint density at radius 3 is 2.41 bits per heavy atom. The van der Waals surface area contributed by atoms with Crippen LogP contribution < -0.4 is 5.32 Å². The van der Waals surface area contributed by atoms with Gasteiger partial charge in [0.1, 0.15) is 10.0 Å². The predicted molar refractivity (Wildman–Crippen MR) is 67.8 cm³/mol. The Labute approximate surface area is 126 Å². The van der Waals surface area contributed by atoms with Crippen LogP contribution in [0.1, 0.15) is 11.1 Å². The van der Waals surface area contributed by atoms with Crippen molar-refractivity contribution in [1.82, 2.24) is 0 Å². The number of oxime groups is 1. The van der Waals surface area contributed by atoms with Gasteiger partial charge in [-0.05, 0) is 22.0 Å². The summed E-state index contributed by atoms with van der Waals surface area (Å²) in [5.41, 5.74) is -4.95. The molecular formula is C10H3BrF3N3O5. The Bertz CT molecular complexity index is 759. The van der Waals surface area contributed by atoms with Crippen molar-refractivity contribution >= 4 is 44.7 Å². The minimum Gasteiger partial charge on any atom is -0.410 e. The quantitative estimate of drug-likeness (QED) is 0.333. The van der Waals surface area contributed by atoms with Crippen LogP contribution in [-0.2, 0) is 15.8 Å². The molecule has 22 heavy (non-hydrogen) atoms. The number of amides is 1. The lowest BCUT2D eigenvalue weighted by molar-refractivity contribution is -0.386. The van der Waals surface area contributed by atoms with Crippen LogP contribution in [0.25, 0.3) is 0 Å². The zero-order chi connectivity index (χ0) is 16.8. The standard InChI is InChI=1S/C10H3BrF3N3O5/c11-5-2(10(12,13)14)1-3-4(7(5)17(21)22)6(16-20)8(18)9(19)15-3/h1,20H,(H,15,19). The summed E-state index contributed by atoms with van der Waals surface area (Å²) in [6.45, 7) is 0. The highest BCUT2D eigenvalue weighted by Gasteiger charge is 2.44. The predicted octanol–water partition coefficient (Wildman–Crippen LogP) is 2.08. The third-order valence-electron chi connectivity index (χ3n) is 2.73. The molecule has 1 aliphatic rings. The number of halogens is 4. The second-order valence-corrected chi connectivity index (χ2v) is 4.79. The summed E-state index contributed by atoms with van der Waals surface area (Å²) in [5, 5.41) is 24.1. The summed E-state index contributed by atoms with van der Waals surface area (Å²) in [7, 11) is 0. The van der Waals surface area contributed by atoms with Crippen molar-refractivity contribution in [1.29, 1.82) is 0 Å². The average Bonchev–Trinajstić information content (AvgIpc) is 2.38. The summed E-state index contributed by atoms with van der Waals surface area (Å²) < 4.78 is 37.8. The first-order valence-corrected chi connectivity index (χ1v) is 6.05. The number of rotatable bonds is 1. The molecule has 1 aromatic carbocycles. The summed E-state index contributed by atoms with van der Waals surface area (Å²) in [4.78, 5) is 32.7. The number of benzene rings is 1. The van der Waals surface area contributed by atoms with Crippen molar-refractivity contribution in [2.24, 2.45) is 5.16 Å². The van der Waals surface area contributed by atoms with E-state index in [1.54, 1.807) is 5.32 Å². The third kappa shape index (κ3) is 2.30. The zero-order valence-electron chi connectivity index (χ0n) is 10.1. The molecule has 1 aliphatic heterocycles. The number of fused-ring (bicyclic) bond motifs is 1. The minimum absolute atomic E-state index is 0.405. The van der Waals surface area contributed by atoms with Crippen LogP contribution in [0.3, 0.4) is 0 Å². The van der Waals surface area contributed by atoms with E-state index in [2.05, 4.69) is 21.1 Å². The third-order valence-corrected chi connectivity index (χ3v) is 3.54. The number of ketones is 1. The van der Waals surface area contributed by atoms with Gasteiger partial charge in [0.25, 0.3) is 17.4 Å². The summed E-state index contributed by atoms with van der Waals surface area (Å²) in [6.07, 6.45) is -4.96. The van der Waals surface area contributed by atoms with Gasteiger partial charge in [-0.25, -0.2) is 0 Å². The highest BCUT2D eigenvalue weighted by molar-refractivity contribution is 9.10. The van der Waals surface area contributed by atoms with E-state index in [0.29, 0.717) is 6.07 Å². The van der Waals surface area contributed by atoms with E-state index in [1.807, 2.05) is 0 Å². The van der Waals surface area contributed by atoms with Crippen molar-refractivity contribution in [3.8, 4) is 0 Å². The molecule has 0 fully saturated rings. The van der Waals surface area contributed by atoms with Gasteiger partial charge in [-0.15, -0.1) is 0 Å². The lowest BCUT2D eigenvalue weighted by Gasteiger charge is -2.19. The van der Waals surface area contributed by atoms with Gasteiger partial charge < -0.3 is 10.5 Å². The zero-order valence-corrected chi connectivity index (χ0v) is 11.6. The topological polar surface area (TPSA) is 122 Å².